The molecule has 23 heavy (non-hydrogen) atoms. The number of ketones is 2. The highest BCUT2D eigenvalue weighted by Gasteiger charge is 2.21. The summed E-state index contributed by atoms with van der Waals surface area (Å²) >= 11 is 0. The predicted molar refractivity (Wildman–Crippen MR) is 84.2 cm³/mol. The Morgan fingerprint density at radius 2 is 1.35 bits per heavy atom. The number of rotatable bonds is 4. The van der Waals surface area contributed by atoms with Crippen molar-refractivity contribution >= 4 is 23.2 Å². The summed E-state index contributed by atoms with van der Waals surface area (Å²) in [5, 5.41) is 19.2. The van der Waals surface area contributed by atoms with Gasteiger partial charge in [-0.3, -0.25) is 14.4 Å². The second kappa shape index (κ2) is 7.00. The third kappa shape index (κ3) is 4.12. The van der Waals surface area contributed by atoms with Gasteiger partial charge in [-0.2, -0.15) is 0 Å². The molecule has 0 radical (unpaired) electrons. The van der Waals surface area contributed by atoms with E-state index in [9.17, 15) is 24.6 Å². The number of hydrogen-bond acceptors (Lipinski definition) is 5. The van der Waals surface area contributed by atoms with Crippen LogP contribution in [0.2, 0.25) is 0 Å². The molecule has 0 saturated carbocycles. The van der Waals surface area contributed by atoms with Gasteiger partial charge in [-0.1, -0.05) is 0 Å². The third-order valence-corrected chi connectivity index (χ3v) is 3.53. The minimum Gasteiger partial charge on any atom is -0.512 e. The normalized spacial score (nSPS) is 18.8. The summed E-state index contributed by atoms with van der Waals surface area (Å²) < 4.78 is 0. The van der Waals surface area contributed by atoms with Crippen LogP contribution in [0.15, 0.2) is 52.0 Å². The Labute approximate surface area is 133 Å². The largest absolute Gasteiger partial charge is 0.512 e. The number of allylic oxidation sites excluding steroid dienone is 8. The molecule has 120 valence electrons. The standard InChI is InChI=1S/C17H17NO5/c1-10(19)18-11(2-4-12-14(20)6-7-15(12)21)3-5-13-16(22)8-9-17(13)23/h2-5,20,22H,6-9H2,1H3. The molecular weight excluding hydrogens is 298 g/mol. The molecule has 0 aromatic heterocycles. The Balaban J connectivity index is 2.24. The first-order valence-electron chi connectivity index (χ1n) is 7.24. The fourth-order valence-corrected chi connectivity index (χ4v) is 2.35. The van der Waals surface area contributed by atoms with Crippen molar-refractivity contribution in [3.05, 3.63) is 47.0 Å². The summed E-state index contributed by atoms with van der Waals surface area (Å²) in [6.45, 7) is 1.27. The molecule has 0 aromatic rings. The van der Waals surface area contributed by atoms with E-state index >= 15 is 0 Å². The lowest BCUT2D eigenvalue weighted by Crippen LogP contribution is -1.99. The number of aliphatic hydroxyl groups excluding tert-OH is 2. The summed E-state index contributed by atoms with van der Waals surface area (Å²) in [4.78, 5) is 38.2. The number of nitrogens with zero attached hydrogens (tertiary/aromatic N) is 1. The second-order valence-electron chi connectivity index (χ2n) is 5.29. The maximum absolute atomic E-state index is 11.6. The van der Waals surface area contributed by atoms with E-state index in [1.54, 1.807) is 0 Å². The minimum atomic E-state index is -0.443. The maximum Gasteiger partial charge on any atom is 0.243 e. The SMILES string of the molecule is CC(=O)N=C(C=CC1=C(O)CCC1=O)C=CC1=C(O)CCC1=O. The van der Waals surface area contributed by atoms with Crippen LogP contribution < -0.4 is 0 Å². The second-order valence-corrected chi connectivity index (χ2v) is 5.29. The maximum atomic E-state index is 11.6. The van der Waals surface area contributed by atoms with Gasteiger partial charge in [0.15, 0.2) is 11.6 Å². The molecule has 0 unspecified atom stereocenters. The molecule has 2 aliphatic carbocycles. The molecule has 2 rings (SSSR count). The van der Waals surface area contributed by atoms with Crippen LogP contribution in [0.1, 0.15) is 32.6 Å². The first-order valence-corrected chi connectivity index (χ1v) is 7.24. The Bertz CT molecular complexity index is 667. The van der Waals surface area contributed by atoms with E-state index in [-0.39, 0.29) is 52.8 Å². The number of carbonyl (C=O) groups excluding carboxylic acids is 3. The average molecular weight is 315 g/mol. The molecular formula is C17H17NO5. The Hall–Kier alpha value is -2.76. The van der Waals surface area contributed by atoms with Crippen LogP contribution >= 0.6 is 0 Å². The van der Waals surface area contributed by atoms with Crippen LogP contribution in [0.3, 0.4) is 0 Å². The van der Waals surface area contributed by atoms with E-state index < -0.39 is 5.91 Å². The smallest absolute Gasteiger partial charge is 0.243 e. The number of aliphatic imine (C=N–C) groups is 1. The fraction of sp³-hybridized carbons (Fsp3) is 0.294. The van der Waals surface area contributed by atoms with Gasteiger partial charge in [-0.15, -0.1) is 0 Å². The Kier molecular flexibility index (Phi) is 5.05. The van der Waals surface area contributed by atoms with Crippen molar-refractivity contribution < 1.29 is 24.6 Å². The van der Waals surface area contributed by atoms with Gasteiger partial charge >= 0.3 is 0 Å². The zero-order valence-corrected chi connectivity index (χ0v) is 12.7. The average Bonchev–Trinajstić information content (AvgIpc) is 2.97. The van der Waals surface area contributed by atoms with Gasteiger partial charge in [0.25, 0.3) is 0 Å². The van der Waals surface area contributed by atoms with E-state index in [1.165, 1.54) is 31.2 Å². The first kappa shape index (κ1) is 16.6. The zero-order valence-electron chi connectivity index (χ0n) is 12.7. The zero-order chi connectivity index (χ0) is 17.0. The van der Waals surface area contributed by atoms with Gasteiger partial charge in [-0.25, -0.2) is 4.99 Å². The van der Waals surface area contributed by atoms with Crippen LogP contribution in [0.5, 0.6) is 0 Å². The lowest BCUT2D eigenvalue weighted by Gasteiger charge is -1.96. The van der Waals surface area contributed by atoms with Gasteiger partial charge in [0.1, 0.15) is 11.5 Å². The monoisotopic (exact) mass is 315 g/mol. The van der Waals surface area contributed by atoms with Gasteiger partial charge < -0.3 is 10.2 Å². The fourth-order valence-electron chi connectivity index (χ4n) is 2.35. The van der Waals surface area contributed by atoms with Gasteiger partial charge in [0.2, 0.25) is 5.91 Å². The lowest BCUT2D eigenvalue weighted by atomic mass is 10.1. The van der Waals surface area contributed by atoms with Crippen LogP contribution in [0, 0.1) is 0 Å². The molecule has 0 heterocycles. The van der Waals surface area contributed by atoms with Gasteiger partial charge in [0, 0.05) is 32.6 Å². The van der Waals surface area contributed by atoms with Crippen LogP contribution in [0.4, 0.5) is 0 Å². The molecule has 0 bridgehead atoms. The molecule has 0 aliphatic heterocycles. The summed E-state index contributed by atoms with van der Waals surface area (Å²) in [5.74, 6) is -0.749. The molecule has 0 aromatic carbocycles. The summed E-state index contributed by atoms with van der Waals surface area (Å²) in [6, 6.07) is 0. The topological polar surface area (TPSA) is 104 Å². The number of aliphatic hydroxyl groups is 2. The molecule has 2 N–H and O–H groups in total. The van der Waals surface area contributed by atoms with Crippen molar-refractivity contribution in [2.75, 3.05) is 0 Å². The van der Waals surface area contributed by atoms with Crippen molar-refractivity contribution in [2.24, 2.45) is 4.99 Å². The molecule has 2 aliphatic rings. The van der Waals surface area contributed by atoms with Crippen LogP contribution in [-0.4, -0.2) is 33.4 Å². The first-order chi connectivity index (χ1) is 10.9. The van der Waals surface area contributed by atoms with Crippen LogP contribution in [0.25, 0.3) is 0 Å². The van der Waals surface area contributed by atoms with Crippen LogP contribution in [-0.2, 0) is 14.4 Å². The third-order valence-electron chi connectivity index (χ3n) is 3.53. The number of hydrogen-bond donors (Lipinski definition) is 2. The van der Waals surface area contributed by atoms with Crippen molar-refractivity contribution in [3.63, 3.8) is 0 Å². The minimum absolute atomic E-state index is 0.0173. The number of amides is 1. The van der Waals surface area contributed by atoms with Crippen molar-refractivity contribution in [2.45, 2.75) is 32.6 Å². The molecule has 0 fully saturated rings. The van der Waals surface area contributed by atoms with Gasteiger partial charge in [-0.05, 0) is 24.3 Å². The molecule has 6 heteroatoms. The highest BCUT2D eigenvalue weighted by Crippen LogP contribution is 2.22. The quantitative estimate of drug-likeness (QED) is 0.775. The number of carbonyl (C=O) groups is 3. The van der Waals surface area contributed by atoms with E-state index in [0.29, 0.717) is 12.8 Å². The van der Waals surface area contributed by atoms with Crippen molar-refractivity contribution in [3.8, 4) is 0 Å². The summed E-state index contributed by atoms with van der Waals surface area (Å²) in [6.07, 6.45) is 6.79. The Morgan fingerprint density at radius 1 is 0.913 bits per heavy atom. The molecule has 0 saturated heterocycles. The van der Waals surface area contributed by atoms with E-state index in [1.807, 2.05) is 0 Å². The molecule has 0 atom stereocenters. The van der Waals surface area contributed by atoms with Crippen molar-refractivity contribution in [1.82, 2.24) is 0 Å². The van der Waals surface area contributed by atoms with Gasteiger partial charge in [0.05, 0.1) is 16.9 Å². The summed E-state index contributed by atoms with van der Waals surface area (Å²) in [5.41, 5.74) is 0.625. The lowest BCUT2D eigenvalue weighted by molar-refractivity contribution is -0.116. The van der Waals surface area contributed by atoms with E-state index in [0.717, 1.165) is 0 Å². The van der Waals surface area contributed by atoms with E-state index in [4.69, 9.17) is 0 Å². The molecule has 0 spiro atoms. The predicted octanol–water partition coefficient (Wildman–Crippen LogP) is 2.44. The van der Waals surface area contributed by atoms with E-state index in [2.05, 4.69) is 4.99 Å². The number of Topliss-reactive ketones (excluding diaryl/α,β-unsaturated/α-hetero) is 2. The highest BCUT2D eigenvalue weighted by atomic mass is 16.3. The van der Waals surface area contributed by atoms with Crippen molar-refractivity contribution in [1.29, 1.82) is 0 Å². The molecule has 1 amide bonds. The Morgan fingerprint density at radius 3 is 1.65 bits per heavy atom. The molecule has 6 nitrogen and oxygen atoms in total. The summed E-state index contributed by atoms with van der Waals surface area (Å²) in [7, 11) is 0. The highest BCUT2D eigenvalue weighted by molar-refractivity contribution is 6.12.